The van der Waals surface area contributed by atoms with Gasteiger partial charge in [-0.25, -0.2) is 4.79 Å². The summed E-state index contributed by atoms with van der Waals surface area (Å²) in [6, 6.07) is 8.00. The Morgan fingerprint density at radius 3 is 2.90 bits per heavy atom. The van der Waals surface area contributed by atoms with Crippen molar-refractivity contribution in [3.63, 3.8) is 0 Å². The second-order valence-corrected chi connectivity index (χ2v) is 6.13. The predicted molar refractivity (Wildman–Crippen MR) is 84.4 cm³/mol. The number of carbonyl (C=O) groups is 1. The number of rotatable bonds is 4. The zero-order chi connectivity index (χ0) is 15.5. The highest BCUT2D eigenvalue weighted by Crippen LogP contribution is 2.28. The van der Waals surface area contributed by atoms with E-state index < -0.39 is 5.54 Å². The number of likely N-dealkylation sites (tertiary alicyclic amines) is 1. The molecule has 5 heteroatoms. The van der Waals surface area contributed by atoms with Crippen LogP contribution in [0, 0.1) is 0 Å². The van der Waals surface area contributed by atoms with E-state index in [2.05, 4.69) is 11.4 Å². The molecular weight excluding hydrogens is 266 g/mol. The number of urea groups is 1. The number of aliphatic hydroxyl groups excluding tert-OH is 1. The van der Waals surface area contributed by atoms with Crippen molar-refractivity contribution in [1.29, 1.82) is 0 Å². The SMILES string of the molecule is CN(C)c1cccc(CNC(=O)N2CCCC2(C)CO)c1. The van der Waals surface area contributed by atoms with Crippen molar-refractivity contribution in [2.45, 2.75) is 31.8 Å². The van der Waals surface area contributed by atoms with Gasteiger partial charge in [0.05, 0.1) is 12.1 Å². The highest BCUT2D eigenvalue weighted by Gasteiger charge is 2.38. The van der Waals surface area contributed by atoms with Crippen LogP contribution in [0.5, 0.6) is 0 Å². The number of amides is 2. The molecule has 116 valence electrons. The van der Waals surface area contributed by atoms with Crippen LogP contribution in [0.15, 0.2) is 24.3 Å². The lowest BCUT2D eigenvalue weighted by atomic mass is 10.0. The molecule has 1 aliphatic rings. The van der Waals surface area contributed by atoms with Crippen molar-refractivity contribution in [2.24, 2.45) is 0 Å². The Labute approximate surface area is 126 Å². The lowest BCUT2D eigenvalue weighted by Crippen LogP contribution is -2.51. The van der Waals surface area contributed by atoms with Gasteiger partial charge in [-0.05, 0) is 37.5 Å². The van der Waals surface area contributed by atoms with E-state index in [0.717, 1.165) is 24.1 Å². The Morgan fingerprint density at radius 2 is 2.24 bits per heavy atom. The largest absolute Gasteiger partial charge is 0.394 e. The first kappa shape index (κ1) is 15.6. The molecule has 2 N–H and O–H groups in total. The molecule has 0 spiro atoms. The lowest BCUT2D eigenvalue weighted by molar-refractivity contribution is 0.0973. The first-order chi connectivity index (χ1) is 9.96. The first-order valence-corrected chi connectivity index (χ1v) is 7.39. The summed E-state index contributed by atoms with van der Waals surface area (Å²) < 4.78 is 0. The number of anilines is 1. The van der Waals surface area contributed by atoms with Crippen LogP contribution >= 0.6 is 0 Å². The van der Waals surface area contributed by atoms with E-state index in [9.17, 15) is 9.90 Å². The van der Waals surface area contributed by atoms with E-state index in [-0.39, 0.29) is 12.6 Å². The Hall–Kier alpha value is -1.75. The Kier molecular flexibility index (Phi) is 4.73. The number of hydrogen-bond donors (Lipinski definition) is 2. The van der Waals surface area contributed by atoms with Crippen LogP contribution in [0.25, 0.3) is 0 Å². The molecule has 1 heterocycles. The summed E-state index contributed by atoms with van der Waals surface area (Å²) in [7, 11) is 3.99. The molecule has 1 aromatic carbocycles. The third-order valence-electron chi connectivity index (χ3n) is 4.21. The second kappa shape index (κ2) is 6.35. The van der Waals surface area contributed by atoms with Crippen molar-refractivity contribution in [2.75, 3.05) is 32.1 Å². The quantitative estimate of drug-likeness (QED) is 0.889. The summed E-state index contributed by atoms with van der Waals surface area (Å²) in [5.41, 5.74) is 1.76. The van der Waals surface area contributed by atoms with Gasteiger partial charge in [-0.3, -0.25) is 0 Å². The van der Waals surface area contributed by atoms with E-state index in [0.29, 0.717) is 13.1 Å². The van der Waals surface area contributed by atoms with Crippen LogP contribution in [0.1, 0.15) is 25.3 Å². The maximum Gasteiger partial charge on any atom is 0.318 e. The molecular formula is C16H25N3O2. The van der Waals surface area contributed by atoms with Crippen molar-refractivity contribution in [1.82, 2.24) is 10.2 Å². The Morgan fingerprint density at radius 1 is 1.48 bits per heavy atom. The van der Waals surface area contributed by atoms with E-state index in [1.165, 1.54) is 0 Å². The molecule has 0 aromatic heterocycles. The number of nitrogens with one attached hydrogen (secondary N) is 1. The second-order valence-electron chi connectivity index (χ2n) is 6.13. The summed E-state index contributed by atoms with van der Waals surface area (Å²) in [6.45, 7) is 3.15. The molecule has 1 saturated heterocycles. The molecule has 1 aliphatic heterocycles. The van der Waals surface area contributed by atoms with E-state index >= 15 is 0 Å². The van der Waals surface area contributed by atoms with Crippen molar-refractivity contribution in [3.8, 4) is 0 Å². The molecule has 1 unspecified atom stereocenters. The molecule has 1 atom stereocenters. The van der Waals surface area contributed by atoms with Gasteiger partial charge in [0.25, 0.3) is 0 Å². The smallest absolute Gasteiger partial charge is 0.318 e. The molecule has 2 amide bonds. The number of hydrogen-bond acceptors (Lipinski definition) is 3. The van der Waals surface area contributed by atoms with Crippen LogP contribution in [-0.2, 0) is 6.54 Å². The maximum absolute atomic E-state index is 12.3. The Balaban J connectivity index is 1.97. The van der Waals surface area contributed by atoms with Gasteiger partial charge in [-0.15, -0.1) is 0 Å². The fraction of sp³-hybridized carbons (Fsp3) is 0.562. The minimum atomic E-state index is -0.421. The number of benzene rings is 1. The molecule has 0 bridgehead atoms. The van der Waals surface area contributed by atoms with Gasteiger partial charge in [0.15, 0.2) is 0 Å². The zero-order valence-corrected chi connectivity index (χ0v) is 13.1. The van der Waals surface area contributed by atoms with Gasteiger partial charge in [-0.2, -0.15) is 0 Å². The molecule has 0 aliphatic carbocycles. The third kappa shape index (κ3) is 3.47. The van der Waals surface area contributed by atoms with E-state index in [1.807, 2.05) is 44.1 Å². The van der Waals surface area contributed by atoms with Crippen LogP contribution in [0.4, 0.5) is 10.5 Å². The summed E-state index contributed by atoms with van der Waals surface area (Å²) in [4.78, 5) is 16.1. The van der Waals surface area contributed by atoms with Crippen LogP contribution in [0.2, 0.25) is 0 Å². The van der Waals surface area contributed by atoms with Crippen LogP contribution in [-0.4, -0.2) is 48.8 Å². The third-order valence-corrected chi connectivity index (χ3v) is 4.21. The number of carbonyl (C=O) groups excluding carboxylic acids is 1. The van der Waals surface area contributed by atoms with Gasteiger partial charge >= 0.3 is 6.03 Å². The monoisotopic (exact) mass is 291 g/mol. The molecule has 0 saturated carbocycles. The normalized spacial score (nSPS) is 21.4. The van der Waals surface area contributed by atoms with E-state index in [1.54, 1.807) is 4.90 Å². The predicted octanol–water partition coefficient (Wildman–Crippen LogP) is 1.81. The minimum absolute atomic E-state index is 0.0105. The summed E-state index contributed by atoms with van der Waals surface area (Å²) in [6.07, 6.45) is 1.80. The fourth-order valence-electron chi connectivity index (χ4n) is 2.75. The highest BCUT2D eigenvalue weighted by molar-refractivity contribution is 5.75. The van der Waals surface area contributed by atoms with Crippen molar-refractivity contribution in [3.05, 3.63) is 29.8 Å². The number of nitrogens with zero attached hydrogens (tertiary/aromatic N) is 2. The molecule has 5 nitrogen and oxygen atoms in total. The van der Waals surface area contributed by atoms with Crippen LogP contribution < -0.4 is 10.2 Å². The minimum Gasteiger partial charge on any atom is -0.394 e. The van der Waals surface area contributed by atoms with Crippen molar-refractivity contribution >= 4 is 11.7 Å². The molecule has 0 radical (unpaired) electrons. The molecule has 21 heavy (non-hydrogen) atoms. The summed E-state index contributed by atoms with van der Waals surface area (Å²) in [5.74, 6) is 0. The molecule has 1 aromatic rings. The Bertz CT molecular complexity index is 504. The van der Waals surface area contributed by atoms with Crippen molar-refractivity contribution < 1.29 is 9.90 Å². The van der Waals surface area contributed by atoms with Gasteiger partial charge in [0.2, 0.25) is 0 Å². The summed E-state index contributed by atoms with van der Waals surface area (Å²) >= 11 is 0. The average molecular weight is 291 g/mol. The van der Waals surface area contributed by atoms with Gasteiger partial charge in [0, 0.05) is 32.9 Å². The molecule has 1 fully saturated rings. The lowest BCUT2D eigenvalue weighted by Gasteiger charge is -2.33. The van der Waals surface area contributed by atoms with Gasteiger partial charge < -0.3 is 20.2 Å². The standard InChI is InChI=1S/C16H25N3O2/c1-16(12-20)8-5-9-19(16)15(21)17-11-13-6-4-7-14(10-13)18(2)3/h4,6-7,10,20H,5,8-9,11-12H2,1-3H3,(H,17,21). The van der Waals surface area contributed by atoms with Gasteiger partial charge in [-0.1, -0.05) is 12.1 Å². The van der Waals surface area contributed by atoms with Crippen LogP contribution in [0.3, 0.4) is 0 Å². The average Bonchev–Trinajstić information content (AvgIpc) is 2.88. The zero-order valence-electron chi connectivity index (χ0n) is 13.1. The summed E-state index contributed by atoms with van der Waals surface area (Å²) in [5, 5.41) is 12.5. The first-order valence-electron chi connectivity index (χ1n) is 7.39. The van der Waals surface area contributed by atoms with Gasteiger partial charge in [0.1, 0.15) is 0 Å². The highest BCUT2D eigenvalue weighted by atomic mass is 16.3. The molecule has 2 rings (SSSR count). The number of aliphatic hydroxyl groups is 1. The maximum atomic E-state index is 12.3. The van der Waals surface area contributed by atoms with E-state index in [4.69, 9.17) is 0 Å². The topological polar surface area (TPSA) is 55.8 Å². The fourth-order valence-corrected chi connectivity index (χ4v) is 2.75.